The van der Waals surface area contributed by atoms with E-state index in [1.165, 1.54) is 12.0 Å². The van der Waals surface area contributed by atoms with Gasteiger partial charge in [-0.2, -0.15) is 0 Å². The fourth-order valence-corrected chi connectivity index (χ4v) is 5.35. The summed E-state index contributed by atoms with van der Waals surface area (Å²) in [5, 5.41) is 5.02. The second-order valence-electron chi connectivity index (χ2n) is 8.94. The third kappa shape index (κ3) is 4.14. The number of halogens is 1. The Bertz CT molecular complexity index is 1130. The summed E-state index contributed by atoms with van der Waals surface area (Å²) in [6.45, 7) is 0.499. The van der Waals surface area contributed by atoms with Gasteiger partial charge >= 0.3 is 0 Å². The molecule has 1 saturated carbocycles. The second-order valence-corrected chi connectivity index (χ2v) is 9.38. The van der Waals surface area contributed by atoms with Crippen LogP contribution in [-0.4, -0.2) is 34.3 Å². The number of aromatic amines is 1. The number of aromatic nitrogens is 1. The van der Waals surface area contributed by atoms with Crippen LogP contribution in [0.2, 0.25) is 5.02 Å². The molecular weight excluding hydrogens is 422 g/mol. The highest BCUT2D eigenvalue weighted by molar-refractivity contribution is 6.30. The van der Waals surface area contributed by atoms with Crippen molar-refractivity contribution < 1.29 is 9.59 Å². The van der Waals surface area contributed by atoms with Crippen LogP contribution in [0.3, 0.4) is 0 Å². The summed E-state index contributed by atoms with van der Waals surface area (Å²) in [5.74, 6) is -0.128. The first-order valence-corrected chi connectivity index (χ1v) is 11.9. The van der Waals surface area contributed by atoms with E-state index in [2.05, 4.69) is 16.4 Å². The minimum absolute atomic E-state index is 0.0333. The maximum atomic E-state index is 13.5. The predicted octanol–water partition coefficient (Wildman–Crippen LogP) is 4.94. The molecule has 1 atom stereocenters. The minimum atomic E-state index is -0.656. The Morgan fingerprint density at radius 3 is 2.59 bits per heavy atom. The number of amides is 2. The molecule has 1 aromatic heterocycles. The first-order valence-electron chi connectivity index (χ1n) is 11.5. The van der Waals surface area contributed by atoms with E-state index >= 15 is 0 Å². The Morgan fingerprint density at radius 2 is 1.81 bits per heavy atom. The molecular formula is C26H28ClN3O2. The molecule has 2 amide bonds. The highest BCUT2D eigenvalue weighted by Gasteiger charge is 2.35. The van der Waals surface area contributed by atoms with Crippen molar-refractivity contribution in [1.29, 1.82) is 0 Å². The van der Waals surface area contributed by atoms with Crippen LogP contribution in [0.15, 0.2) is 48.5 Å². The Labute approximate surface area is 193 Å². The number of hydrogen-bond donors (Lipinski definition) is 2. The molecule has 1 aliphatic heterocycles. The summed E-state index contributed by atoms with van der Waals surface area (Å²) in [5.41, 5.74) is 4.00. The molecule has 6 heteroatoms. The van der Waals surface area contributed by atoms with Gasteiger partial charge in [0.2, 0.25) is 11.8 Å². The quantitative estimate of drug-likeness (QED) is 0.592. The minimum Gasteiger partial charge on any atom is -0.358 e. The van der Waals surface area contributed by atoms with Crippen molar-refractivity contribution in [1.82, 2.24) is 15.2 Å². The lowest BCUT2D eigenvalue weighted by Gasteiger charge is -2.32. The number of H-pyrrole nitrogens is 1. The molecule has 1 fully saturated rings. The standard InChI is InChI=1S/C26H28ClN3O2/c27-18-12-10-17(11-13-18)25(26(32)28-19-6-2-1-3-7-19)30-15-14-21-20-8-4-5-9-22(20)29-23(21)16-24(30)31/h4-5,8-13,19,25,29H,1-3,6-7,14-16H2,(H,28,32). The van der Waals surface area contributed by atoms with Gasteiger partial charge in [0, 0.05) is 34.2 Å². The molecule has 2 aliphatic rings. The highest BCUT2D eigenvalue weighted by atomic mass is 35.5. The van der Waals surface area contributed by atoms with E-state index in [4.69, 9.17) is 11.6 Å². The number of para-hydroxylation sites is 1. The monoisotopic (exact) mass is 449 g/mol. The van der Waals surface area contributed by atoms with E-state index in [1.807, 2.05) is 30.3 Å². The van der Waals surface area contributed by atoms with Crippen molar-refractivity contribution in [2.45, 2.75) is 57.0 Å². The van der Waals surface area contributed by atoms with Crippen LogP contribution in [0, 0.1) is 0 Å². The summed E-state index contributed by atoms with van der Waals surface area (Å²) in [7, 11) is 0. The first-order chi connectivity index (χ1) is 15.6. The van der Waals surface area contributed by atoms with E-state index in [9.17, 15) is 9.59 Å². The molecule has 0 bridgehead atoms. The predicted molar refractivity (Wildman–Crippen MR) is 127 cm³/mol. The van der Waals surface area contributed by atoms with Crippen molar-refractivity contribution in [3.63, 3.8) is 0 Å². The lowest BCUT2D eigenvalue weighted by molar-refractivity contribution is -0.140. The average molecular weight is 450 g/mol. The van der Waals surface area contributed by atoms with Gasteiger partial charge in [0.05, 0.1) is 6.42 Å². The van der Waals surface area contributed by atoms with Gasteiger partial charge in [-0.3, -0.25) is 9.59 Å². The third-order valence-corrected chi connectivity index (χ3v) is 7.10. The molecule has 2 N–H and O–H groups in total. The SMILES string of the molecule is O=C(NC1CCCCC1)C(c1ccc(Cl)cc1)N1CCc2c([nH]c3ccccc23)CC1=O. The van der Waals surface area contributed by atoms with Gasteiger partial charge in [0.15, 0.2) is 0 Å². The topological polar surface area (TPSA) is 65.2 Å². The molecule has 1 aliphatic carbocycles. The van der Waals surface area contributed by atoms with Gasteiger partial charge in [0.1, 0.15) is 6.04 Å². The maximum Gasteiger partial charge on any atom is 0.247 e. The second kappa shape index (κ2) is 8.99. The highest BCUT2D eigenvalue weighted by Crippen LogP contribution is 2.31. The van der Waals surface area contributed by atoms with Crippen LogP contribution >= 0.6 is 11.6 Å². The Morgan fingerprint density at radius 1 is 1.06 bits per heavy atom. The van der Waals surface area contributed by atoms with Crippen molar-refractivity contribution in [3.8, 4) is 0 Å². The number of hydrogen-bond acceptors (Lipinski definition) is 2. The normalized spacial score (nSPS) is 18.3. The number of nitrogens with zero attached hydrogens (tertiary/aromatic N) is 1. The van der Waals surface area contributed by atoms with Gasteiger partial charge < -0.3 is 15.2 Å². The lowest BCUT2D eigenvalue weighted by atomic mass is 9.94. The molecule has 5 nitrogen and oxygen atoms in total. The number of fused-ring (bicyclic) bond motifs is 3. The van der Waals surface area contributed by atoms with Gasteiger partial charge in [-0.15, -0.1) is 0 Å². The Kier molecular flexibility index (Phi) is 5.92. The molecule has 0 saturated heterocycles. The average Bonchev–Trinajstić information content (AvgIpc) is 3.06. The molecule has 0 radical (unpaired) electrons. The van der Waals surface area contributed by atoms with Gasteiger partial charge in [0.25, 0.3) is 0 Å². The number of carbonyl (C=O) groups excluding carboxylic acids is 2. The van der Waals surface area contributed by atoms with Crippen molar-refractivity contribution >= 4 is 34.3 Å². The zero-order valence-electron chi connectivity index (χ0n) is 18.1. The number of carbonyl (C=O) groups is 2. The molecule has 0 spiro atoms. The summed E-state index contributed by atoms with van der Waals surface area (Å²) in [6.07, 6.45) is 6.50. The van der Waals surface area contributed by atoms with E-state index in [1.54, 1.807) is 17.0 Å². The Balaban J connectivity index is 1.45. The van der Waals surface area contributed by atoms with Gasteiger partial charge in [-0.05, 0) is 48.6 Å². The van der Waals surface area contributed by atoms with Crippen LogP contribution in [0.4, 0.5) is 0 Å². The number of benzene rings is 2. The van der Waals surface area contributed by atoms with Crippen LogP contribution < -0.4 is 5.32 Å². The molecule has 2 aromatic carbocycles. The van der Waals surface area contributed by atoms with E-state index in [0.717, 1.165) is 47.8 Å². The van der Waals surface area contributed by atoms with Crippen LogP contribution in [-0.2, 0) is 22.4 Å². The van der Waals surface area contributed by atoms with Crippen molar-refractivity contribution in [3.05, 3.63) is 70.4 Å². The first kappa shape index (κ1) is 21.1. The van der Waals surface area contributed by atoms with E-state index in [-0.39, 0.29) is 24.3 Å². The Hall–Kier alpha value is -2.79. The smallest absolute Gasteiger partial charge is 0.247 e. The van der Waals surface area contributed by atoms with E-state index in [0.29, 0.717) is 18.0 Å². The largest absolute Gasteiger partial charge is 0.358 e. The number of rotatable bonds is 4. The zero-order valence-corrected chi connectivity index (χ0v) is 18.8. The fourth-order valence-electron chi connectivity index (χ4n) is 5.22. The molecule has 1 unspecified atom stereocenters. The van der Waals surface area contributed by atoms with Gasteiger partial charge in [-0.25, -0.2) is 0 Å². The lowest BCUT2D eigenvalue weighted by Crippen LogP contribution is -2.47. The molecule has 5 rings (SSSR count). The molecule has 166 valence electrons. The zero-order chi connectivity index (χ0) is 22.1. The van der Waals surface area contributed by atoms with Crippen LogP contribution in [0.1, 0.15) is 55.0 Å². The molecule has 32 heavy (non-hydrogen) atoms. The summed E-state index contributed by atoms with van der Waals surface area (Å²) in [4.78, 5) is 32.1. The fraction of sp³-hybridized carbons (Fsp3) is 0.385. The van der Waals surface area contributed by atoms with Crippen LogP contribution in [0.25, 0.3) is 10.9 Å². The van der Waals surface area contributed by atoms with Crippen LogP contribution in [0.5, 0.6) is 0 Å². The number of nitrogens with one attached hydrogen (secondary N) is 2. The van der Waals surface area contributed by atoms with E-state index < -0.39 is 6.04 Å². The summed E-state index contributed by atoms with van der Waals surface area (Å²) >= 11 is 6.11. The summed E-state index contributed by atoms with van der Waals surface area (Å²) in [6, 6.07) is 15.0. The maximum absolute atomic E-state index is 13.5. The van der Waals surface area contributed by atoms with Crippen molar-refractivity contribution in [2.24, 2.45) is 0 Å². The van der Waals surface area contributed by atoms with Gasteiger partial charge in [-0.1, -0.05) is 61.2 Å². The molecule has 2 heterocycles. The van der Waals surface area contributed by atoms with Crippen molar-refractivity contribution in [2.75, 3.05) is 6.54 Å². The summed E-state index contributed by atoms with van der Waals surface area (Å²) < 4.78 is 0. The molecule has 3 aromatic rings. The third-order valence-electron chi connectivity index (χ3n) is 6.85.